The normalized spacial score (nSPS) is 30.4. The summed E-state index contributed by atoms with van der Waals surface area (Å²) < 4.78 is 7.20. The van der Waals surface area contributed by atoms with E-state index in [4.69, 9.17) is 4.74 Å². The SMILES string of the molecule is CN1CCN(c2nc3c(=O)[nH]cnc3n2[C@@H]2O[C@@H](CO)[C@@H](O)[C@@H]2O)CC1. The highest BCUT2D eigenvalue weighted by atomic mass is 16.6. The third kappa shape index (κ3) is 2.68. The van der Waals surface area contributed by atoms with E-state index in [1.54, 1.807) is 4.57 Å². The lowest BCUT2D eigenvalue weighted by Gasteiger charge is -2.34. The summed E-state index contributed by atoms with van der Waals surface area (Å²) in [5.41, 5.74) is 0.00700. The van der Waals surface area contributed by atoms with Crippen LogP contribution in [0.15, 0.2) is 11.1 Å². The Balaban J connectivity index is 1.83. The smallest absolute Gasteiger partial charge is 0.278 e. The third-order valence-corrected chi connectivity index (χ3v) is 5.02. The average molecular weight is 366 g/mol. The predicted molar refractivity (Wildman–Crippen MR) is 90.9 cm³/mol. The lowest BCUT2D eigenvalue weighted by Crippen LogP contribution is -2.46. The standard InChI is InChI=1S/C15H22N6O5/c1-19-2-4-20(5-3-19)15-18-9-12(16-7-17-13(9)25)21(15)14-11(24)10(23)8(6-22)26-14/h7-8,10-11,14,22-24H,2-6H2,1H3,(H,16,17,25)/t8-,10+,11-,14+/m0/s1. The van der Waals surface area contributed by atoms with Gasteiger partial charge in [-0.25, -0.2) is 9.97 Å². The summed E-state index contributed by atoms with van der Waals surface area (Å²) in [6, 6.07) is 0. The van der Waals surface area contributed by atoms with Gasteiger partial charge in [-0.1, -0.05) is 0 Å². The molecule has 0 bridgehead atoms. The molecule has 11 heteroatoms. The number of rotatable bonds is 3. The molecule has 0 radical (unpaired) electrons. The minimum atomic E-state index is -1.28. The molecular formula is C15H22N6O5. The summed E-state index contributed by atoms with van der Waals surface area (Å²) in [5, 5.41) is 29.9. The van der Waals surface area contributed by atoms with Crippen LogP contribution in [0, 0.1) is 0 Å². The Hall–Kier alpha value is -2.05. The number of likely N-dealkylation sites (N-methyl/N-ethyl adjacent to an activating group) is 1. The van der Waals surface area contributed by atoms with Crippen molar-refractivity contribution in [2.75, 3.05) is 44.7 Å². The molecule has 2 saturated heterocycles. The van der Waals surface area contributed by atoms with Gasteiger partial charge in [0.15, 0.2) is 17.4 Å². The van der Waals surface area contributed by atoms with E-state index < -0.39 is 36.7 Å². The number of anilines is 1. The van der Waals surface area contributed by atoms with Crippen LogP contribution in [0.1, 0.15) is 6.23 Å². The van der Waals surface area contributed by atoms with Crippen LogP contribution in [0.3, 0.4) is 0 Å². The Morgan fingerprint density at radius 2 is 2.00 bits per heavy atom. The fourth-order valence-corrected chi connectivity index (χ4v) is 3.47. The van der Waals surface area contributed by atoms with E-state index in [0.29, 0.717) is 19.0 Å². The van der Waals surface area contributed by atoms with Crippen LogP contribution in [0.5, 0.6) is 0 Å². The zero-order valence-corrected chi connectivity index (χ0v) is 14.3. The molecule has 4 atom stereocenters. The molecular weight excluding hydrogens is 344 g/mol. The molecule has 0 aliphatic carbocycles. The summed E-state index contributed by atoms with van der Waals surface area (Å²) in [4.78, 5) is 27.5. The Morgan fingerprint density at radius 3 is 2.65 bits per heavy atom. The highest BCUT2D eigenvalue weighted by Crippen LogP contribution is 2.35. The lowest BCUT2D eigenvalue weighted by atomic mass is 10.1. The van der Waals surface area contributed by atoms with Gasteiger partial charge in [0.2, 0.25) is 5.95 Å². The number of hydrogen-bond acceptors (Lipinski definition) is 9. The first-order valence-corrected chi connectivity index (χ1v) is 8.53. The van der Waals surface area contributed by atoms with Crippen molar-refractivity contribution in [1.82, 2.24) is 24.4 Å². The van der Waals surface area contributed by atoms with Crippen molar-refractivity contribution in [3.8, 4) is 0 Å². The molecule has 4 rings (SSSR count). The summed E-state index contributed by atoms with van der Waals surface area (Å²) in [6.45, 7) is 2.59. The minimum absolute atomic E-state index is 0.138. The number of H-pyrrole nitrogens is 1. The fourth-order valence-electron chi connectivity index (χ4n) is 3.47. The van der Waals surface area contributed by atoms with Crippen molar-refractivity contribution in [2.24, 2.45) is 0 Å². The molecule has 2 aliphatic heterocycles. The molecule has 0 aromatic carbocycles. The van der Waals surface area contributed by atoms with Gasteiger partial charge in [-0.3, -0.25) is 9.36 Å². The fraction of sp³-hybridized carbons (Fsp3) is 0.667. The molecule has 4 heterocycles. The number of nitrogens with zero attached hydrogens (tertiary/aromatic N) is 5. The van der Waals surface area contributed by atoms with Gasteiger partial charge in [-0.05, 0) is 7.05 Å². The average Bonchev–Trinajstić information content (AvgIpc) is 3.15. The number of fused-ring (bicyclic) bond motifs is 1. The first kappa shape index (κ1) is 17.4. The number of aromatic nitrogens is 4. The number of aromatic amines is 1. The van der Waals surface area contributed by atoms with Crippen LogP contribution in [-0.4, -0.2) is 97.9 Å². The second-order valence-corrected chi connectivity index (χ2v) is 6.70. The maximum atomic E-state index is 12.2. The number of imidazole rings is 1. The largest absolute Gasteiger partial charge is 0.394 e. The molecule has 0 spiro atoms. The van der Waals surface area contributed by atoms with E-state index in [2.05, 4.69) is 19.9 Å². The van der Waals surface area contributed by atoms with Crippen molar-refractivity contribution in [3.05, 3.63) is 16.7 Å². The Labute approximate surface area is 148 Å². The maximum absolute atomic E-state index is 12.2. The van der Waals surface area contributed by atoms with Gasteiger partial charge in [0.05, 0.1) is 12.9 Å². The van der Waals surface area contributed by atoms with Gasteiger partial charge >= 0.3 is 0 Å². The predicted octanol–water partition coefficient (Wildman–Crippen LogP) is -2.52. The highest BCUT2D eigenvalue weighted by Gasteiger charge is 2.45. The van der Waals surface area contributed by atoms with Gasteiger partial charge in [0, 0.05) is 26.2 Å². The molecule has 2 aromatic heterocycles. The number of aliphatic hydroxyl groups is 3. The second-order valence-electron chi connectivity index (χ2n) is 6.70. The Morgan fingerprint density at radius 1 is 1.27 bits per heavy atom. The van der Waals surface area contributed by atoms with E-state index in [0.717, 1.165) is 13.1 Å². The zero-order chi connectivity index (χ0) is 18.4. The number of hydrogen-bond donors (Lipinski definition) is 4. The van der Waals surface area contributed by atoms with Crippen LogP contribution >= 0.6 is 0 Å². The van der Waals surface area contributed by atoms with Crippen molar-refractivity contribution in [1.29, 1.82) is 0 Å². The summed E-state index contributed by atoms with van der Waals surface area (Å²) >= 11 is 0. The number of aliphatic hydroxyl groups excluding tert-OH is 3. The maximum Gasteiger partial charge on any atom is 0.278 e. The molecule has 2 fully saturated rings. The zero-order valence-electron chi connectivity index (χ0n) is 14.3. The first-order chi connectivity index (χ1) is 12.5. The minimum Gasteiger partial charge on any atom is -0.394 e. The molecule has 0 amide bonds. The first-order valence-electron chi connectivity index (χ1n) is 8.53. The molecule has 4 N–H and O–H groups in total. The van der Waals surface area contributed by atoms with Gasteiger partial charge < -0.3 is 34.8 Å². The molecule has 11 nitrogen and oxygen atoms in total. The molecule has 2 aromatic rings. The lowest BCUT2D eigenvalue weighted by molar-refractivity contribution is -0.0505. The summed E-state index contributed by atoms with van der Waals surface area (Å²) in [5.74, 6) is 0.451. The number of nitrogens with one attached hydrogen (secondary N) is 1. The highest BCUT2D eigenvalue weighted by molar-refractivity contribution is 5.74. The van der Waals surface area contributed by atoms with Crippen molar-refractivity contribution in [3.63, 3.8) is 0 Å². The summed E-state index contributed by atoms with van der Waals surface area (Å²) in [7, 11) is 2.03. The number of piperazine rings is 1. The van der Waals surface area contributed by atoms with Crippen LogP contribution in [0.25, 0.3) is 11.2 Å². The monoisotopic (exact) mass is 366 g/mol. The second kappa shape index (κ2) is 6.59. The van der Waals surface area contributed by atoms with Crippen LogP contribution in [-0.2, 0) is 4.74 Å². The van der Waals surface area contributed by atoms with E-state index in [1.165, 1.54) is 6.33 Å². The van der Waals surface area contributed by atoms with Gasteiger partial charge in [0.25, 0.3) is 5.56 Å². The topological polar surface area (TPSA) is 140 Å². The van der Waals surface area contributed by atoms with Crippen LogP contribution < -0.4 is 10.5 Å². The van der Waals surface area contributed by atoms with E-state index in [9.17, 15) is 20.1 Å². The molecule has 26 heavy (non-hydrogen) atoms. The molecule has 2 aliphatic rings. The van der Waals surface area contributed by atoms with E-state index in [-0.39, 0.29) is 11.2 Å². The molecule has 142 valence electrons. The van der Waals surface area contributed by atoms with Crippen molar-refractivity contribution < 1.29 is 20.1 Å². The van der Waals surface area contributed by atoms with Gasteiger partial charge in [-0.2, -0.15) is 0 Å². The summed E-state index contributed by atoms with van der Waals surface area (Å²) in [6.07, 6.45) is -3.19. The van der Waals surface area contributed by atoms with E-state index >= 15 is 0 Å². The quantitative estimate of drug-likeness (QED) is 0.463. The molecule has 0 saturated carbocycles. The third-order valence-electron chi connectivity index (χ3n) is 5.02. The Kier molecular flexibility index (Phi) is 4.40. The van der Waals surface area contributed by atoms with Gasteiger partial charge in [0.1, 0.15) is 18.3 Å². The van der Waals surface area contributed by atoms with Crippen LogP contribution in [0.4, 0.5) is 5.95 Å². The van der Waals surface area contributed by atoms with Crippen molar-refractivity contribution in [2.45, 2.75) is 24.5 Å². The Bertz CT molecular complexity index is 845. The van der Waals surface area contributed by atoms with E-state index in [1.807, 2.05) is 11.9 Å². The van der Waals surface area contributed by atoms with Gasteiger partial charge in [-0.15, -0.1) is 0 Å². The van der Waals surface area contributed by atoms with Crippen molar-refractivity contribution >= 4 is 17.1 Å². The van der Waals surface area contributed by atoms with Crippen LogP contribution in [0.2, 0.25) is 0 Å². The number of ether oxygens (including phenoxy) is 1. The molecule has 0 unspecified atom stereocenters.